The molecular weight excluding hydrogens is 262 g/mol. The van der Waals surface area contributed by atoms with Gasteiger partial charge in [-0.2, -0.15) is 0 Å². The fraction of sp³-hybridized carbons (Fsp3) is 0.118. The number of hydrogen-bond donors (Lipinski definition) is 3. The number of rotatable bonds is 6. The molecule has 0 radical (unpaired) electrons. The second-order valence-corrected chi connectivity index (χ2v) is 4.66. The average Bonchev–Trinajstić information content (AvgIpc) is 2.52. The maximum Gasteiger partial charge on any atom is 0.121 e. The van der Waals surface area contributed by atoms with Crippen molar-refractivity contribution < 1.29 is 4.74 Å². The Hall–Kier alpha value is -2.75. The zero-order valence-electron chi connectivity index (χ0n) is 12.0. The van der Waals surface area contributed by atoms with Gasteiger partial charge in [-0.15, -0.1) is 0 Å². The van der Waals surface area contributed by atoms with Crippen molar-refractivity contribution in [2.75, 3.05) is 12.4 Å². The second kappa shape index (κ2) is 6.61. The minimum Gasteiger partial charge on any atom is -0.489 e. The van der Waals surface area contributed by atoms with Crippen molar-refractivity contribution in [3.05, 3.63) is 65.7 Å². The smallest absolute Gasteiger partial charge is 0.121 e. The van der Waals surface area contributed by atoms with Gasteiger partial charge in [0.15, 0.2) is 0 Å². The van der Waals surface area contributed by atoms with Gasteiger partial charge in [0.05, 0.1) is 0 Å². The molecule has 0 bridgehead atoms. The van der Waals surface area contributed by atoms with Crippen molar-refractivity contribution >= 4 is 17.6 Å². The number of anilines is 1. The first-order valence-corrected chi connectivity index (χ1v) is 6.63. The average molecular weight is 281 g/mol. The molecule has 0 aliphatic rings. The predicted octanol–water partition coefficient (Wildman–Crippen LogP) is 3.23. The summed E-state index contributed by atoms with van der Waals surface area (Å²) in [4.78, 5) is 0. The van der Waals surface area contributed by atoms with Crippen LogP contribution in [-0.4, -0.2) is 13.3 Å². The molecule has 0 atom stereocenters. The topological polar surface area (TPSA) is 71.1 Å². The third-order valence-electron chi connectivity index (χ3n) is 3.13. The molecule has 2 aromatic carbocycles. The summed E-state index contributed by atoms with van der Waals surface area (Å²) in [6, 6.07) is 13.4. The third kappa shape index (κ3) is 3.63. The first-order valence-electron chi connectivity index (χ1n) is 6.63. The van der Waals surface area contributed by atoms with E-state index in [-0.39, 0.29) is 0 Å². The van der Waals surface area contributed by atoms with E-state index >= 15 is 0 Å². The van der Waals surface area contributed by atoms with Gasteiger partial charge < -0.3 is 21.2 Å². The highest BCUT2D eigenvalue weighted by molar-refractivity contribution is 5.77. The van der Waals surface area contributed by atoms with Crippen LogP contribution in [0.4, 0.5) is 5.69 Å². The molecule has 0 aliphatic carbocycles. The van der Waals surface area contributed by atoms with Crippen molar-refractivity contribution in [1.82, 2.24) is 0 Å². The summed E-state index contributed by atoms with van der Waals surface area (Å²) in [5.74, 6) is 0.754. The molecule has 21 heavy (non-hydrogen) atoms. The summed E-state index contributed by atoms with van der Waals surface area (Å²) in [7, 11) is 1.83. The van der Waals surface area contributed by atoms with Crippen molar-refractivity contribution in [2.24, 2.45) is 5.73 Å². The highest BCUT2D eigenvalue weighted by Gasteiger charge is 2.05. The molecule has 4 nitrogen and oxygen atoms in total. The summed E-state index contributed by atoms with van der Waals surface area (Å²) in [5, 5.41) is 10.3. The SMILES string of the molecule is C=C(N)c1ccc(OCc2cccc(C=N)c2)cc1NC. The predicted molar refractivity (Wildman–Crippen MR) is 87.9 cm³/mol. The molecule has 0 heterocycles. The van der Waals surface area contributed by atoms with E-state index in [4.69, 9.17) is 15.9 Å². The molecule has 0 aliphatic heterocycles. The van der Waals surface area contributed by atoms with Crippen molar-refractivity contribution in [1.29, 1.82) is 5.41 Å². The Morgan fingerprint density at radius 2 is 2.14 bits per heavy atom. The van der Waals surface area contributed by atoms with Gasteiger partial charge in [-0.25, -0.2) is 0 Å². The molecule has 2 rings (SSSR count). The fourth-order valence-electron chi connectivity index (χ4n) is 2.04. The Balaban J connectivity index is 2.12. The summed E-state index contributed by atoms with van der Waals surface area (Å²) in [5.41, 5.74) is 9.90. The number of nitrogens with one attached hydrogen (secondary N) is 2. The Labute approximate surface area is 124 Å². The van der Waals surface area contributed by atoms with Gasteiger partial charge in [0.2, 0.25) is 0 Å². The Morgan fingerprint density at radius 3 is 2.81 bits per heavy atom. The van der Waals surface area contributed by atoms with Crippen molar-refractivity contribution in [3.63, 3.8) is 0 Å². The highest BCUT2D eigenvalue weighted by atomic mass is 16.5. The molecule has 0 spiro atoms. The van der Waals surface area contributed by atoms with Crippen LogP contribution in [0, 0.1) is 5.41 Å². The van der Waals surface area contributed by atoms with Crippen LogP contribution in [0.15, 0.2) is 49.0 Å². The standard InChI is InChI=1S/C17H19N3O/c1-12(19)16-7-6-15(9-17(16)20-2)21-11-14-5-3-4-13(8-14)10-18/h3-10,18,20H,1,11,19H2,2H3. The van der Waals surface area contributed by atoms with E-state index in [9.17, 15) is 0 Å². The lowest BCUT2D eigenvalue weighted by molar-refractivity contribution is 0.306. The minimum absolute atomic E-state index is 0.452. The normalized spacial score (nSPS) is 9.95. The van der Waals surface area contributed by atoms with E-state index in [1.807, 2.05) is 49.5 Å². The molecule has 0 fully saturated rings. The zero-order valence-corrected chi connectivity index (χ0v) is 12.0. The van der Waals surface area contributed by atoms with Crippen molar-refractivity contribution in [3.8, 4) is 5.75 Å². The number of hydrogen-bond acceptors (Lipinski definition) is 4. The van der Waals surface area contributed by atoms with E-state index < -0.39 is 0 Å². The molecule has 0 aromatic heterocycles. The van der Waals surface area contributed by atoms with Crippen LogP contribution in [0.2, 0.25) is 0 Å². The van der Waals surface area contributed by atoms with Crippen LogP contribution in [-0.2, 0) is 6.61 Å². The Kier molecular flexibility index (Phi) is 4.61. The summed E-state index contributed by atoms with van der Waals surface area (Å²) >= 11 is 0. The zero-order chi connectivity index (χ0) is 15.2. The van der Waals surface area contributed by atoms with Gasteiger partial charge in [0.1, 0.15) is 12.4 Å². The quantitative estimate of drug-likeness (QED) is 0.712. The monoisotopic (exact) mass is 281 g/mol. The number of nitrogens with two attached hydrogens (primary N) is 1. The summed E-state index contributed by atoms with van der Waals surface area (Å²) < 4.78 is 5.78. The third-order valence-corrected chi connectivity index (χ3v) is 3.13. The van der Waals surface area contributed by atoms with Crippen LogP contribution in [0.25, 0.3) is 5.70 Å². The van der Waals surface area contributed by atoms with Gasteiger partial charge in [0.25, 0.3) is 0 Å². The van der Waals surface area contributed by atoms with Crippen LogP contribution >= 0.6 is 0 Å². The second-order valence-electron chi connectivity index (χ2n) is 4.66. The van der Waals surface area contributed by atoms with E-state index in [0.717, 1.165) is 28.1 Å². The van der Waals surface area contributed by atoms with Gasteiger partial charge >= 0.3 is 0 Å². The van der Waals surface area contributed by atoms with Gasteiger partial charge in [0, 0.05) is 36.3 Å². The molecule has 0 saturated carbocycles. The number of benzene rings is 2. The molecule has 0 unspecified atom stereocenters. The Bertz CT molecular complexity index is 665. The highest BCUT2D eigenvalue weighted by Crippen LogP contribution is 2.25. The Morgan fingerprint density at radius 1 is 1.33 bits per heavy atom. The van der Waals surface area contributed by atoms with E-state index in [2.05, 4.69) is 11.9 Å². The van der Waals surface area contributed by atoms with Crippen LogP contribution < -0.4 is 15.8 Å². The maximum absolute atomic E-state index is 7.26. The first kappa shape index (κ1) is 14.7. The van der Waals surface area contributed by atoms with E-state index in [1.54, 1.807) is 0 Å². The van der Waals surface area contributed by atoms with E-state index in [1.165, 1.54) is 6.21 Å². The van der Waals surface area contributed by atoms with Gasteiger partial charge in [-0.1, -0.05) is 24.8 Å². The first-order chi connectivity index (χ1) is 10.1. The minimum atomic E-state index is 0.452. The van der Waals surface area contributed by atoms with Gasteiger partial charge in [-0.05, 0) is 29.3 Å². The summed E-state index contributed by atoms with van der Waals surface area (Å²) in [6.45, 7) is 4.20. The van der Waals surface area contributed by atoms with Crippen LogP contribution in [0.1, 0.15) is 16.7 Å². The largest absolute Gasteiger partial charge is 0.489 e. The van der Waals surface area contributed by atoms with Gasteiger partial charge in [-0.3, -0.25) is 0 Å². The lowest BCUT2D eigenvalue weighted by Gasteiger charge is -2.12. The summed E-state index contributed by atoms with van der Waals surface area (Å²) in [6.07, 6.45) is 1.32. The molecule has 2 aromatic rings. The lowest BCUT2D eigenvalue weighted by Crippen LogP contribution is -2.02. The van der Waals surface area contributed by atoms with E-state index in [0.29, 0.717) is 12.3 Å². The molecular formula is C17H19N3O. The molecule has 0 saturated heterocycles. The molecule has 0 amide bonds. The molecule has 108 valence electrons. The van der Waals surface area contributed by atoms with Crippen LogP contribution in [0.3, 0.4) is 0 Å². The molecule has 4 N–H and O–H groups in total. The lowest BCUT2D eigenvalue weighted by atomic mass is 10.1. The fourth-order valence-corrected chi connectivity index (χ4v) is 2.04. The molecule has 4 heteroatoms. The maximum atomic E-state index is 7.26. The number of ether oxygens (including phenoxy) is 1. The van der Waals surface area contributed by atoms with Crippen LogP contribution in [0.5, 0.6) is 5.75 Å². The van der Waals surface area contributed by atoms with Crippen molar-refractivity contribution in [2.45, 2.75) is 6.61 Å².